The van der Waals surface area contributed by atoms with Crippen molar-refractivity contribution in [3.05, 3.63) is 74.3 Å². The van der Waals surface area contributed by atoms with Crippen molar-refractivity contribution in [3.63, 3.8) is 0 Å². The normalized spacial score (nSPS) is 15.6. The molecule has 0 spiro atoms. The molecule has 3 aromatic rings. The molecule has 1 aromatic heterocycles. The van der Waals surface area contributed by atoms with E-state index in [2.05, 4.69) is 39.5 Å². The minimum absolute atomic E-state index is 0.150. The fourth-order valence-corrected chi connectivity index (χ4v) is 4.32. The molecule has 1 aliphatic rings. The zero-order valence-corrected chi connectivity index (χ0v) is 19.2. The van der Waals surface area contributed by atoms with Gasteiger partial charge in [-0.15, -0.1) is 0 Å². The smallest absolute Gasteiger partial charge is 0.262 e. The van der Waals surface area contributed by atoms with Crippen molar-refractivity contribution in [2.45, 2.75) is 26.4 Å². The number of aryl methyl sites for hydroxylation is 1. The zero-order chi connectivity index (χ0) is 22.7. The van der Waals surface area contributed by atoms with Crippen molar-refractivity contribution >= 4 is 29.0 Å². The van der Waals surface area contributed by atoms with Gasteiger partial charge in [0.25, 0.3) is 11.5 Å². The van der Waals surface area contributed by atoms with Gasteiger partial charge in [0.1, 0.15) is 0 Å². The van der Waals surface area contributed by atoms with E-state index in [1.807, 2.05) is 13.8 Å². The average molecular weight is 453 g/mol. The molecule has 168 valence electrons. The van der Waals surface area contributed by atoms with E-state index in [0.29, 0.717) is 47.5 Å². The lowest BCUT2D eigenvalue weighted by molar-refractivity contribution is 0.0332. The van der Waals surface area contributed by atoms with Gasteiger partial charge < -0.3 is 15.0 Å². The molecule has 0 bridgehead atoms. The van der Waals surface area contributed by atoms with Crippen molar-refractivity contribution in [2.24, 2.45) is 0 Å². The van der Waals surface area contributed by atoms with Crippen LogP contribution in [-0.4, -0.2) is 53.2 Å². The second-order valence-electron chi connectivity index (χ2n) is 8.09. The maximum atomic E-state index is 13.2. The summed E-state index contributed by atoms with van der Waals surface area (Å²) >= 11 is 5.30. The van der Waals surface area contributed by atoms with Gasteiger partial charge in [0.15, 0.2) is 4.77 Å². The molecule has 1 unspecified atom stereocenters. The predicted octanol–water partition coefficient (Wildman–Crippen LogP) is 3.19. The fraction of sp³-hybridized carbons (Fsp3) is 0.375. The Morgan fingerprint density at radius 3 is 2.59 bits per heavy atom. The number of amides is 1. The number of hydrogen-bond donors (Lipinski definition) is 2. The van der Waals surface area contributed by atoms with Crippen LogP contribution in [-0.2, 0) is 11.3 Å². The largest absolute Gasteiger partial charge is 0.379 e. The van der Waals surface area contributed by atoms with Crippen molar-refractivity contribution in [1.29, 1.82) is 0 Å². The van der Waals surface area contributed by atoms with Gasteiger partial charge in [-0.3, -0.25) is 19.1 Å². The van der Waals surface area contributed by atoms with Crippen LogP contribution in [0.4, 0.5) is 0 Å². The van der Waals surface area contributed by atoms with Gasteiger partial charge in [-0.2, -0.15) is 0 Å². The Kier molecular flexibility index (Phi) is 6.83. The predicted molar refractivity (Wildman–Crippen MR) is 128 cm³/mol. The van der Waals surface area contributed by atoms with Gasteiger partial charge in [0, 0.05) is 31.7 Å². The molecule has 2 heterocycles. The van der Waals surface area contributed by atoms with Crippen LogP contribution in [0.2, 0.25) is 0 Å². The minimum atomic E-state index is -0.190. The number of ether oxygens (including phenoxy) is 1. The van der Waals surface area contributed by atoms with E-state index >= 15 is 0 Å². The number of hydrogen-bond acceptors (Lipinski definition) is 5. The third-order valence-electron chi connectivity index (χ3n) is 5.89. The quantitative estimate of drug-likeness (QED) is 0.562. The van der Waals surface area contributed by atoms with Gasteiger partial charge in [-0.1, -0.05) is 29.8 Å². The van der Waals surface area contributed by atoms with Crippen LogP contribution in [0.3, 0.4) is 0 Å². The number of aromatic nitrogens is 2. The molecule has 32 heavy (non-hydrogen) atoms. The van der Waals surface area contributed by atoms with Crippen LogP contribution < -0.4 is 10.9 Å². The topological polar surface area (TPSA) is 79.4 Å². The molecule has 2 N–H and O–H groups in total. The van der Waals surface area contributed by atoms with E-state index in [4.69, 9.17) is 17.0 Å². The van der Waals surface area contributed by atoms with Crippen LogP contribution in [0.5, 0.6) is 0 Å². The first-order chi connectivity index (χ1) is 15.5. The van der Waals surface area contributed by atoms with Crippen LogP contribution in [0, 0.1) is 11.7 Å². The summed E-state index contributed by atoms with van der Waals surface area (Å²) < 4.78 is 7.32. The molecule has 1 amide bonds. The number of aromatic amines is 1. The molecule has 8 heteroatoms. The molecule has 1 fully saturated rings. The van der Waals surface area contributed by atoms with Crippen LogP contribution in [0.25, 0.3) is 10.9 Å². The Hall–Kier alpha value is -2.81. The van der Waals surface area contributed by atoms with E-state index in [1.165, 1.54) is 10.1 Å². The van der Waals surface area contributed by atoms with Gasteiger partial charge in [0.2, 0.25) is 0 Å². The van der Waals surface area contributed by atoms with E-state index in [1.54, 1.807) is 18.2 Å². The first-order valence-corrected chi connectivity index (χ1v) is 11.3. The Labute approximate surface area is 192 Å². The summed E-state index contributed by atoms with van der Waals surface area (Å²) in [4.78, 5) is 31.2. The summed E-state index contributed by atoms with van der Waals surface area (Å²) in [6, 6.07) is 13.2. The molecular weight excluding hydrogens is 424 g/mol. The average Bonchev–Trinajstić information content (AvgIpc) is 2.79. The SMILES string of the molecule is CCn1c(=S)[nH]c2cc(C(=O)NC(CN3CCOCC3)c3ccc(C)cc3)ccc2c1=O. The minimum Gasteiger partial charge on any atom is -0.379 e. The van der Waals surface area contributed by atoms with Crippen molar-refractivity contribution in [3.8, 4) is 0 Å². The van der Waals surface area contributed by atoms with Gasteiger partial charge in [-0.05, 0) is 49.8 Å². The number of nitrogens with zero attached hydrogens (tertiary/aromatic N) is 2. The number of H-pyrrole nitrogens is 1. The lowest BCUT2D eigenvalue weighted by Crippen LogP contribution is -2.43. The Bertz CT molecular complexity index is 1230. The third-order valence-corrected chi connectivity index (χ3v) is 6.21. The summed E-state index contributed by atoms with van der Waals surface area (Å²) in [7, 11) is 0. The fourth-order valence-electron chi connectivity index (χ4n) is 4.00. The van der Waals surface area contributed by atoms with Gasteiger partial charge in [0.05, 0.1) is 30.2 Å². The van der Waals surface area contributed by atoms with E-state index in [0.717, 1.165) is 18.7 Å². The van der Waals surface area contributed by atoms with Crippen LogP contribution in [0.1, 0.15) is 34.5 Å². The van der Waals surface area contributed by atoms with Crippen molar-refractivity contribution in [1.82, 2.24) is 19.8 Å². The van der Waals surface area contributed by atoms with E-state index in [9.17, 15) is 9.59 Å². The number of benzene rings is 2. The number of carbonyl (C=O) groups is 1. The highest BCUT2D eigenvalue weighted by Gasteiger charge is 2.21. The van der Waals surface area contributed by atoms with E-state index in [-0.39, 0.29) is 17.5 Å². The lowest BCUT2D eigenvalue weighted by atomic mass is 10.0. The highest BCUT2D eigenvalue weighted by atomic mass is 32.1. The van der Waals surface area contributed by atoms with Crippen molar-refractivity contribution in [2.75, 3.05) is 32.8 Å². The van der Waals surface area contributed by atoms with Gasteiger partial charge in [-0.25, -0.2) is 0 Å². The molecule has 1 atom stereocenters. The second kappa shape index (κ2) is 9.77. The summed E-state index contributed by atoms with van der Waals surface area (Å²) in [6.45, 7) is 8.20. The Morgan fingerprint density at radius 1 is 1.19 bits per heavy atom. The number of morpholine rings is 1. The zero-order valence-electron chi connectivity index (χ0n) is 18.4. The number of rotatable bonds is 6. The maximum absolute atomic E-state index is 13.2. The van der Waals surface area contributed by atoms with Crippen LogP contribution >= 0.6 is 12.2 Å². The molecule has 2 aromatic carbocycles. The second-order valence-corrected chi connectivity index (χ2v) is 8.48. The molecular formula is C24H28N4O3S. The molecule has 7 nitrogen and oxygen atoms in total. The maximum Gasteiger partial charge on any atom is 0.262 e. The summed E-state index contributed by atoms with van der Waals surface area (Å²) in [5.74, 6) is -0.190. The first-order valence-electron chi connectivity index (χ1n) is 10.9. The molecule has 1 saturated heterocycles. The molecule has 1 aliphatic heterocycles. The molecule has 0 radical (unpaired) electrons. The monoisotopic (exact) mass is 452 g/mol. The summed E-state index contributed by atoms with van der Waals surface area (Å²) in [5.41, 5.74) is 3.13. The standard InChI is InChI=1S/C24H28N4O3S/c1-3-28-23(30)19-9-8-18(14-20(19)26-24(28)32)22(29)25-21(15-27-10-12-31-13-11-27)17-6-4-16(2)5-7-17/h4-9,14,21H,3,10-13,15H2,1-2H3,(H,25,29)(H,26,32). The van der Waals surface area contributed by atoms with E-state index < -0.39 is 0 Å². The highest BCUT2D eigenvalue weighted by molar-refractivity contribution is 7.71. The molecule has 4 rings (SSSR count). The Balaban J connectivity index is 1.62. The molecule has 0 aliphatic carbocycles. The number of fused-ring (bicyclic) bond motifs is 1. The number of carbonyl (C=O) groups excluding carboxylic acids is 1. The summed E-state index contributed by atoms with van der Waals surface area (Å²) in [6.07, 6.45) is 0. The van der Waals surface area contributed by atoms with Gasteiger partial charge >= 0.3 is 0 Å². The highest BCUT2D eigenvalue weighted by Crippen LogP contribution is 2.18. The molecule has 0 saturated carbocycles. The first kappa shape index (κ1) is 22.4. The summed E-state index contributed by atoms with van der Waals surface area (Å²) in [5, 5.41) is 3.70. The Morgan fingerprint density at radius 2 is 1.91 bits per heavy atom. The number of nitrogens with one attached hydrogen (secondary N) is 2. The third kappa shape index (κ3) is 4.82. The lowest BCUT2D eigenvalue weighted by Gasteiger charge is -2.31. The van der Waals surface area contributed by atoms with Crippen LogP contribution in [0.15, 0.2) is 47.3 Å². The van der Waals surface area contributed by atoms with Crippen molar-refractivity contribution < 1.29 is 9.53 Å².